The van der Waals surface area contributed by atoms with Gasteiger partial charge >= 0.3 is 12.0 Å². The summed E-state index contributed by atoms with van der Waals surface area (Å²) >= 11 is 0. The minimum Gasteiger partial charge on any atom is -0.508 e. The summed E-state index contributed by atoms with van der Waals surface area (Å²) < 4.78 is 5.14. The first-order valence-electron chi connectivity index (χ1n) is 9.61. The lowest BCUT2D eigenvalue weighted by molar-refractivity contribution is -0.123. The highest BCUT2D eigenvalue weighted by atomic mass is 16.5. The van der Waals surface area contributed by atoms with Crippen molar-refractivity contribution >= 4 is 28.8 Å². The predicted molar refractivity (Wildman–Crippen MR) is 116 cm³/mol. The average molecular weight is 421 g/mol. The molecule has 0 aliphatic rings. The molecule has 0 aliphatic carbocycles. The maximum absolute atomic E-state index is 12.7. The summed E-state index contributed by atoms with van der Waals surface area (Å²) in [6, 6.07) is 14.4. The average Bonchev–Trinajstić information content (AvgIpc) is 2.70. The van der Waals surface area contributed by atoms with Crippen molar-refractivity contribution in [2.75, 3.05) is 6.61 Å². The lowest BCUT2D eigenvalue weighted by Crippen LogP contribution is -2.49. The first-order valence-corrected chi connectivity index (χ1v) is 9.61. The molecule has 3 amide bonds. The van der Waals surface area contributed by atoms with Gasteiger partial charge in [0, 0.05) is 16.5 Å². The number of urea groups is 1. The van der Waals surface area contributed by atoms with Crippen LogP contribution in [0.2, 0.25) is 0 Å². The number of phenolic OH excluding ortho intramolecular Hbond substituents is 1. The second kappa shape index (κ2) is 8.83. The standard InChI is InChI=1S/C23H23N3O5/c1-23(2,3)26-22(30)25-20(28)13-31-21(29)17-12-19(14-8-10-15(27)11-9-14)24-18-7-5-4-6-16(17)18/h4-12,27H,13H2,1-3H3,(H2,25,26,28,30). The molecule has 0 unspecified atom stereocenters. The third kappa shape index (κ3) is 5.79. The molecule has 31 heavy (non-hydrogen) atoms. The molecule has 8 nitrogen and oxygen atoms in total. The Kier molecular flexibility index (Phi) is 6.20. The first kappa shape index (κ1) is 21.8. The Morgan fingerprint density at radius 3 is 2.39 bits per heavy atom. The molecule has 0 aliphatic heterocycles. The van der Waals surface area contributed by atoms with E-state index in [-0.39, 0.29) is 11.3 Å². The molecule has 3 N–H and O–H groups in total. The van der Waals surface area contributed by atoms with E-state index in [2.05, 4.69) is 15.6 Å². The summed E-state index contributed by atoms with van der Waals surface area (Å²) in [5.74, 6) is -1.34. The third-order valence-corrected chi connectivity index (χ3v) is 4.18. The summed E-state index contributed by atoms with van der Waals surface area (Å²) in [6.45, 7) is 4.72. The number of nitrogens with zero attached hydrogens (tertiary/aromatic N) is 1. The minimum absolute atomic E-state index is 0.116. The number of hydrogen-bond donors (Lipinski definition) is 3. The maximum Gasteiger partial charge on any atom is 0.339 e. The Hall–Kier alpha value is -3.94. The van der Waals surface area contributed by atoms with Gasteiger partial charge in [-0.2, -0.15) is 0 Å². The number of carbonyl (C=O) groups excluding carboxylic acids is 3. The van der Waals surface area contributed by atoms with E-state index < -0.39 is 30.1 Å². The zero-order valence-electron chi connectivity index (χ0n) is 17.4. The number of esters is 1. The molecule has 0 saturated carbocycles. The van der Waals surface area contributed by atoms with Gasteiger partial charge < -0.3 is 15.2 Å². The summed E-state index contributed by atoms with van der Waals surface area (Å²) in [5.41, 5.74) is 1.52. The molecule has 0 saturated heterocycles. The van der Waals surface area contributed by atoms with Gasteiger partial charge in [0.15, 0.2) is 6.61 Å². The number of hydrogen-bond acceptors (Lipinski definition) is 6. The van der Waals surface area contributed by atoms with Crippen molar-refractivity contribution in [1.29, 1.82) is 0 Å². The van der Waals surface area contributed by atoms with Crippen LogP contribution in [0.3, 0.4) is 0 Å². The highest BCUT2D eigenvalue weighted by Crippen LogP contribution is 2.26. The number of ether oxygens (including phenoxy) is 1. The number of benzene rings is 2. The Labute approximate surface area is 179 Å². The van der Waals surface area contributed by atoms with Gasteiger partial charge in [0.2, 0.25) is 0 Å². The van der Waals surface area contributed by atoms with E-state index in [0.29, 0.717) is 22.2 Å². The van der Waals surface area contributed by atoms with E-state index in [1.807, 2.05) is 0 Å². The molecule has 8 heteroatoms. The van der Waals surface area contributed by atoms with E-state index in [1.54, 1.807) is 63.2 Å². The van der Waals surface area contributed by atoms with Crippen LogP contribution in [-0.2, 0) is 9.53 Å². The van der Waals surface area contributed by atoms with Crippen LogP contribution in [0.5, 0.6) is 5.75 Å². The number of para-hydroxylation sites is 1. The predicted octanol–water partition coefficient (Wildman–Crippen LogP) is 3.39. The summed E-state index contributed by atoms with van der Waals surface area (Å²) in [7, 11) is 0. The number of aromatic nitrogens is 1. The fourth-order valence-corrected chi connectivity index (χ4v) is 2.87. The first-order chi connectivity index (χ1) is 14.6. The molecule has 0 spiro atoms. The second-order valence-electron chi connectivity index (χ2n) is 7.95. The van der Waals surface area contributed by atoms with Crippen molar-refractivity contribution in [3.63, 3.8) is 0 Å². The van der Waals surface area contributed by atoms with Crippen molar-refractivity contribution in [2.45, 2.75) is 26.3 Å². The number of amides is 3. The van der Waals surface area contributed by atoms with Crippen LogP contribution in [-0.4, -0.2) is 40.1 Å². The van der Waals surface area contributed by atoms with Crippen molar-refractivity contribution in [3.8, 4) is 17.0 Å². The van der Waals surface area contributed by atoms with E-state index >= 15 is 0 Å². The number of pyridine rings is 1. The molecular formula is C23H23N3O5. The van der Waals surface area contributed by atoms with Crippen LogP contribution in [0.25, 0.3) is 22.2 Å². The van der Waals surface area contributed by atoms with Crippen molar-refractivity contribution in [3.05, 3.63) is 60.2 Å². The molecule has 160 valence electrons. The van der Waals surface area contributed by atoms with Crippen molar-refractivity contribution in [1.82, 2.24) is 15.6 Å². The summed E-state index contributed by atoms with van der Waals surface area (Å²) in [4.78, 5) is 41.1. The minimum atomic E-state index is -0.743. The van der Waals surface area contributed by atoms with Gasteiger partial charge in [-0.3, -0.25) is 10.1 Å². The monoisotopic (exact) mass is 421 g/mol. The van der Waals surface area contributed by atoms with Gasteiger partial charge in [-0.15, -0.1) is 0 Å². The third-order valence-electron chi connectivity index (χ3n) is 4.18. The maximum atomic E-state index is 12.7. The van der Waals surface area contributed by atoms with Gasteiger partial charge in [0.05, 0.1) is 16.8 Å². The zero-order valence-corrected chi connectivity index (χ0v) is 17.4. The Bertz CT molecular complexity index is 1130. The Morgan fingerprint density at radius 2 is 1.71 bits per heavy atom. The number of fused-ring (bicyclic) bond motifs is 1. The Balaban J connectivity index is 1.79. The smallest absolute Gasteiger partial charge is 0.339 e. The van der Waals surface area contributed by atoms with Crippen LogP contribution in [0.1, 0.15) is 31.1 Å². The molecular weight excluding hydrogens is 398 g/mol. The molecule has 0 atom stereocenters. The molecule has 3 rings (SSSR count). The van der Waals surface area contributed by atoms with Crippen LogP contribution >= 0.6 is 0 Å². The lowest BCUT2D eigenvalue weighted by atomic mass is 10.0. The van der Waals surface area contributed by atoms with Crippen LogP contribution in [0.4, 0.5) is 4.79 Å². The van der Waals surface area contributed by atoms with Crippen molar-refractivity contribution in [2.24, 2.45) is 0 Å². The molecule has 1 aromatic heterocycles. The van der Waals surface area contributed by atoms with Gasteiger partial charge in [0.1, 0.15) is 5.75 Å². The molecule has 0 bridgehead atoms. The van der Waals surface area contributed by atoms with Gasteiger partial charge in [-0.1, -0.05) is 18.2 Å². The quantitative estimate of drug-likeness (QED) is 0.556. The molecule has 2 aromatic carbocycles. The topological polar surface area (TPSA) is 118 Å². The molecule has 0 radical (unpaired) electrons. The number of imide groups is 1. The molecule has 0 fully saturated rings. The Morgan fingerprint density at radius 1 is 1.03 bits per heavy atom. The number of rotatable bonds is 4. The molecule has 3 aromatic rings. The van der Waals surface area contributed by atoms with E-state index in [0.717, 1.165) is 0 Å². The van der Waals surface area contributed by atoms with Gasteiger partial charge in [-0.05, 0) is 57.2 Å². The molecule has 1 heterocycles. The zero-order chi connectivity index (χ0) is 22.6. The highest BCUT2D eigenvalue weighted by molar-refractivity contribution is 6.05. The van der Waals surface area contributed by atoms with E-state index in [9.17, 15) is 19.5 Å². The van der Waals surface area contributed by atoms with Crippen molar-refractivity contribution < 1.29 is 24.2 Å². The normalized spacial score (nSPS) is 11.1. The highest BCUT2D eigenvalue weighted by Gasteiger charge is 2.19. The number of aromatic hydroxyl groups is 1. The SMILES string of the molecule is CC(C)(C)NC(=O)NC(=O)COC(=O)c1cc(-c2ccc(O)cc2)nc2ccccc12. The lowest BCUT2D eigenvalue weighted by Gasteiger charge is -2.20. The van der Waals surface area contributed by atoms with E-state index in [1.165, 1.54) is 12.1 Å². The largest absolute Gasteiger partial charge is 0.508 e. The van der Waals surface area contributed by atoms with Crippen LogP contribution in [0.15, 0.2) is 54.6 Å². The van der Waals surface area contributed by atoms with Gasteiger partial charge in [0.25, 0.3) is 5.91 Å². The number of phenols is 1. The number of carbonyl (C=O) groups is 3. The van der Waals surface area contributed by atoms with Crippen LogP contribution in [0, 0.1) is 0 Å². The van der Waals surface area contributed by atoms with Crippen LogP contribution < -0.4 is 10.6 Å². The summed E-state index contributed by atoms with van der Waals surface area (Å²) in [5, 5.41) is 14.8. The van der Waals surface area contributed by atoms with E-state index in [4.69, 9.17) is 4.74 Å². The number of nitrogens with one attached hydrogen (secondary N) is 2. The van der Waals surface area contributed by atoms with Gasteiger partial charge in [-0.25, -0.2) is 14.6 Å². The fourth-order valence-electron chi connectivity index (χ4n) is 2.87. The fraction of sp³-hybridized carbons (Fsp3) is 0.217. The second-order valence-corrected chi connectivity index (χ2v) is 7.95. The summed E-state index contributed by atoms with van der Waals surface area (Å²) in [6.07, 6.45) is 0.